The molecule has 0 unspecified atom stereocenters. The molecule has 0 atom stereocenters. The van der Waals surface area contributed by atoms with E-state index in [0.29, 0.717) is 12.8 Å². The molecule has 0 saturated carbocycles. The summed E-state index contributed by atoms with van der Waals surface area (Å²) < 4.78 is 1.86. The Morgan fingerprint density at radius 3 is 2.79 bits per heavy atom. The van der Waals surface area contributed by atoms with Gasteiger partial charge in [0.15, 0.2) is 5.65 Å². The number of aryl methyl sites for hydroxylation is 3. The second-order valence-corrected chi connectivity index (χ2v) is 7.74. The molecule has 0 radical (unpaired) electrons. The molecule has 0 aliphatic carbocycles. The fraction of sp³-hybridized carbons (Fsp3) is 0.227. The highest BCUT2D eigenvalue weighted by molar-refractivity contribution is 7.08. The Morgan fingerprint density at radius 1 is 1.14 bits per heavy atom. The molecule has 1 amide bonds. The van der Waals surface area contributed by atoms with Crippen LogP contribution in [0.5, 0.6) is 0 Å². The van der Waals surface area contributed by atoms with Gasteiger partial charge in [-0.1, -0.05) is 12.1 Å². The van der Waals surface area contributed by atoms with Gasteiger partial charge in [0.05, 0.1) is 5.69 Å². The number of aromatic nitrogens is 3. The number of anilines is 1. The van der Waals surface area contributed by atoms with Gasteiger partial charge in [0, 0.05) is 29.6 Å². The summed E-state index contributed by atoms with van der Waals surface area (Å²) >= 11 is 1.66. The van der Waals surface area contributed by atoms with E-state index in [1.54, 1.807) is 11.3 Å². The number of nitrogens with one attached hydrogen (secondary N) is 1. The average Bonchev–Trinajstić information content (AvgIpc) is 3.31. The number of hydrogen-bond acceptors (Lipinski definition) is 4. The SMILES string of the molecule is Cc1cc2nc(C)c(CCC(=O)Nc3cccc(-c4ccsc4)c3)c(C)n2n1. The van der Waals surface area contributed by atoms with Crippen molar-refractivity contribution in [2.24, 2.45) is 0 Å². The van der Waals surface area contributed by atoms with Gasteiger partial charge in [-0.2, -0.15) is 16.4 Å². The van der Waals surface area contributed by atoms with Crippen LogP contribution in [0.25, 0.3) is 16.8 Å². The molecule has 0 aliphatic heterocycles. The van der Waals surface area contributed by atoms with Gasteiger partial charge in [0.1, 0.15) is 0 Å². The van der Waals surface area contributed by atoms with Crippen LogP contribution >= 0.6 is 11.3 Å². The number of thiophene rings is 1. The number of hydrogen-bond donors (Lipinski definition) is 1. The molecular formula is C22H22N4OS. The van der Waals surface area contributed by atoms with Gasteiger partial charge in [0.2, 0.25) is 5.91 Å². The summed E-state index contributed by atoms with van der Waals surface area (Å²) in [4.78, 5) is 17.2. The smallest absolute Gasteiger partial charge is 0.224 e. The zero-order valence-corrected chi connectivity index (χ0v) is 17.0. The van der Waals surface area contributed by atoms with E-state index in [-0.39, 0.29) is 5.91 Å². The molecule has 3 heterocycles. The third-order valence-corrected chi connectivity index (χ3v) is 5.57. The summed E-state index contributed by atoms with van der Waals surface area (Å²) in [5.41, 5.74) is 7.97. The quantitative estimate of drug-likeness (QED) is 0.524. The number of nitrogens with zero attached hydrogens (tertiary/aromatic N) is 3. The topological polar surface area (TPSA) is 59.3 Å². The van der Waals surface area contributed by atoms with Crippen LogP contribution in [0.3, 0.4) is 0 Å². The molecule has 0 saturated heterocycles. The van der Waals surface area contributed by atoms with Crippen LogP contribution in [0, 0.1) is 20.8 Å². The minimum absolute atomic E-state index is 0.00184. The van der Waals surface area contributed by atoms with E-state index in [9.17, 15) is 4.79 Å². The van der Waals surface area contributed by atoms with Gasteiger partial charge in [0.25, 0.3) is 0 Å². The first kappa shape index (κ1) is 18.4. The van der Waals surface area contributed by atoms with Crippen LogP contribution in [-0.4, -0.2) is 20.5 Å². The highest BCUT2D eigenvalue weighted by Crippen LogP contribution is 2.25. The number of benzene rings is 1. The zero-order valence-electron chi connectivity index (χ0n) is 16.2. The maximum atomic E-state index is 12.5. The number of amides is 1. The van der Waals surface area contributed by atoms with Crippen molar-refractivity contribution in [2.75, 3.05) is 5.32 Å². The van der Waals surface area contributed by atoms with Crippen LogP contribution in [0.2, 0.25) is 0 Å². The van der Waals surface area contributed by atoms with Crippen LogP contribution in [-0.2, 0) is 11.2 Å². The lowest BCUT2D eigenvalue weighted by Crippen LogP contribution is -2.14. The average molecular weight is 391 g/mol. The predicted octanol–water partition coefficient (Wildman–Crippen LogP) is 4.95. The summed E-state index contributed by atoms with van der Waals surface area (Å²) in [6.07, 6.45) is 1.04. The Hall–Kier alpha value is -2.99. The first-order chi connectivity index (χ1) is 13.5. The van der Waals surface area contributed by atoms with Gasteiger partial charge in [-0.3, -0.25) is 4.79 Å². The number of rotatable bonds is 5. The molecule has 142 valence electrons. The third kappa shape index (κ3) is 3.68. The molecule has 3 aromatic heterocycles. The highest BCUT2D eigenvalue weighted by Gasteiger charge is 2.13. The zero-order chi connectivity index (χ0) is 19.7. The lowest BCUT2D eigenvalue weighted by atomic mass is 10.1. The maximum Gasteiger partial charge on any atom is 0.224 e. The summed E-state index contributed by atoms with van der Waals surface area (Å²) in [6, 6.07) is 12.0. The molecule has 4 rings (SSSR count). The minimum Gasteiger partial charge on any atom is -0.326 e. The fourth-order valence-corrected chi connectivity index (χ4v) is 4.14. The van der Waals surface area contributed by atoms with Crippen molar-refractivity contribution >= 4 is 28.6 Å². The van der Waals surface area contributed by atoms with Crippen molar-refractivity contribution in [3.63, 3.8) is 0 Å². The molecule has 28 heavy (non-hydrogen) atoms. The number of carbonyl (C=O) groups is 1. The van der Waals surface area contributed by atoms with Crippen molar-refractivity contribution in [1.82, 2.24) is 14.6 Å². The molecule has 5 nitrogen and oxygen atoms in total. The van der Waals surface area contributed by atoms with E-state index in [1.165, 1.54) is 5.56 Å². The predicted molar refractivity (Wildman–Crippen MR) is 114 cm³/mol. The molecule has 0 spiro atoms. The van der Waals surface area contributed by atoms with E-state index < -0.39 is 0 Å². The molecular weight excluding hydrogens is 368 g/mol. The fourth-order valence-electron chi connectivity index (χ4n) is 3.47. The minimum atomic E-state index is -0.00184. The monoisotopic (exact) mass is 390 g/mol. The van der Waals surface area contributed by atoms with Gasteiger partial charge in [-0.15, -0.1) is 0 Å². The summed E-state index contributed by atoms with van der Waals surface area (Å²) in [5.74, 6) is -0.00184. The highest BCUT2D eigenvalue weighted by atomic mass is 32.1. The first-order valence-corrected chi connectivity index (χ1v) is 10.2. The lowest BCUT2D eigenvalue weighted by Gasteiger charge is -2.11. The Labute approximate surface area is 168 Å². The normalized spacial score (nSPS) is 11.1. The molecule has 0 aliphatic rings. The van der Waals surface area contributed by atoms with Gasteiger partial charge in [-0.25, -0.2) is 9.50 Å². The van der Waals surface area contributed by atoms with Crippen LogP contribution in [0.4, 0.5) is 5.69 Å². The molecule has 6 heteroatoms. The molecule has 1 aromatic carbocycles. The van der Waals surface area contributed by atoms with Crippen molar-refractivity contribution < 1.29 is 4.79 Å². The Balaban J connectivity index is 1.47. The van der Waals surface area contributed by atoms with Gasteiger partial charge < -0.3 is 5.32 Å². The maximum absolute atomic E-state index is 12.5. The van der Waals surface area contributed by atoms with Crippen LogP contribution in [0.1, 0.15) is 29.1 Å². The lowest BCUT2D eigenvalue weighted by molar-refractivity contribution is -0.116. The van der Waals surface area contributed by atoms with Crippen molar-refractivity contribution in [2.45, 2.75) is 33.6 Å². The van der Waals surface area contributed by atoms with Crippen LogP contribution in [0.15, 0.2) is 47.2 Å². The van der Waals surface area contributed by atoms with E-state index in [4.69, 9.17) is 0 Å². The molecule has 1 N–H and O–H groups in total. The summed E-state index contributed by atoms with van der Waals surface area (Å²) in [5, 5.41) is 11.7. The summed E-state index contributed by atoms with van der Waals surface area (Å²) in [6.45, 7) is 5.99. The molecule has 0 bridgehead atoms. The molecule has 0 fully saturated rings. The largest absolute Gasteiger partial charge is 0.326 e. The van der Waals surface area contributed by atoms with Gasteiger partial charge in [-0.05, 0) is 72.8 Å². The van der Waals surface area contributed by atoms with E-state index in [0.717, 1.165) is 39.5 Å². The Kier molecular flexibility index (Phi) is 4.96. The van der Waals surface area contributed by atoms with Gasteiger partial charge >= 0.3 is 0 Å². The van der Waals surface area contributed by atoms with E-state index >= 15 is 0 Å². The van der Waals surface area contributed by atoms with Crippen LogP contribution < -0.4 is 5.32 Å². The second-order valence-electron chi connectivity index (χ2n) is 6.96. The Morgan fingerprint density at radius 2 is 2.00 bits per heavy atom. The molecule has 4 aromatic rings. The van der Waals surface area contributed by atoms with Crippen molar-refractivity contribution in [3.8, 4) is 11.1 Å². The number of carbonyl (C=O) groups excluding carboxylic acids is 1. The standard InChI is InChI=1S/C22H22N4OS/c1-14-11-21-23-15(2)20(16(3)26(21)25-14)7-8-22(27)24-19-6-4-5-17(12-19)18-9-10-28-13-18/h4-6,9-13H,7-8H2,1-3H3,(H,24,27). The van der Waals surface area contributed by atoms with E-state index in [2.05, 4.69) is 38.3 Å². The first-order valence-electron chi connectivity index (χ1n) is 9.26. The summed E-state index contributed by atoms with van der Waals surface area (Å²) in [7, 11) is 0. The van der Waals surface area contributed by atoms with E-state index in [1.807, 2.05) is 49.6 Å². The second kappa shape index (κ2) is 7.56. The number of fused-ring (bicyclic) bond motifs is 1. The third-order valence-electron chi connectivity index (χ3n) is 4.89. The Bertz CT molecular complexity index is 1150. The van der Waals surface area contributed by atoms with Crippen molar-refractivity contribution in [1.29, 1.82) is 0 Å². The van der Waals surface area contributed by atoms with Crippen molar-refractivity contribution in [3.05, 3.63) is 69.8 Å².